The Bertz CT molecular complexity index is 442. The smallest absolute Gasteiger partial charge is 0.247 e. The van der Waals surface area contributed by atoms with E-state index in [-0.39, 0.29) is 11.3 Å². The molecule has 14 heavy (non-hydrogen) atoms. The summed E-state index contributed by atoms with van der Waals surface area (Å²) >= 11 is 9.33. The summed E-state index contributed by atoms with van der Waals surface area (Å²) in [5.41, 5.74) is 1.66. The van der Waals surface area contributed by atoms with Crippen LogP contribution in [0.3, 0.4) is 0 Å². The van der Waals surface area contributed by atoms with Gasteiger partial charge in [-0.1, -0.05) is 23.7 Å². The van der Waals surface area contributed by atoms with E-state index in [9.17, 15) is 4.79 Å². The monoisotopic (exact) mass is 271 g/mol. The topological polar surface area (TPSA) is 20.3 Å². The summed E-state index contributed by atoms with van der Waals surface area (Å²) < 4.78 is 1.51. The number of nitrogens with zero attached hydrogens (tertiary/aromatic N) is 1. The number of para-hydroxylation sites is 1. The zero-order valence-electron chi connectivity index (χ0n) is 7.26. The average molecular weight is 273 g/mol. The Labute approximate surface area is 95.2 Å². The van der Waals surface area contributed by atoms with Gasteiger partial charge in [-0.2, -0.15) is 0 Å². The Hall–Kier alpha value is -0.540. The lowest BCUT2D eigenvalue weighted by Gasteiger charge is -2.07. The van der Waals surface area contributed by atoms with Gasteiger partial charge in [0.15, 0.2) is 0 Å². The lowest BCUT2D eigenvalue weighted by molar-refractivity contribution is -0.118. The lowest BCUT2D eigenvalue weighted by atomic mass is 9.98. The molecule has 4 heteroatoms. The molecule has 1 aromatic carbocycles. The number of hydrogen-bond donors (Lipinski definition) is 0. The minimum absolute atomic E-state index is 0.126. The molecule has 0 N–H and O–H groups in total. The molecule has 72 valence electrons. The third-order valence-electron chi connectivity index (χ3n) is 3.04. The molecule has 0 bridgehead atoms. The van der Waals surface area contributed by atoms with Crippen LogP contribution in [0, 0.1) is 0 Å². The van der Waals surface area contributed by atoms with Crippen molar-refractivity contribution in [2.45, 2.75) is 18.3 Å². The summed E-state index contributed by atoms with van der Waals surface area (Å²) in [7, 11) is 0. The Morgan fingerprint density at radius 1 is 1.43 bits per heavy atom. The van der Waals surface area contributed by atoms with Gasteiger partial charge in [-0.05, 0) is 24.5 Å². The van der Waals surface area contributed by atoms with Crippen molar-refractivity contribution < 1.29 is 4.79 Å². The number of fused-ring (bicyclic) bond motifs is 2. The first-order valence-corrected chi connectivity index (χ1v) is 5.55. The van der Waals surface area contributed by atoms with Gasteiger partial charge in [-0.15, -0.1) is 0 Å². The van der Waals surface area contributed by atoms with E-state index in [2.05, 4.69) is 16.1 Å². The van der Waals surface area contributed by atoms with Gasteiger partial charge >= 0.3 is 0 Å². The summed E-state index contributed by atoms with van der Waals surface area (Å²) in [6.45, 7) is 0. The van der Waals surface area contributed by atoms with Gasteiger partial charge in [0.05, 0.1) is 32.3 Å². The van der Waals surface area contributed by atoms with E-state index in [0.29, 0.717) is 5.02 Å². The van der Waals surface area contributed by atoms with Crippen molar-refractivity contribution in [3.63, 3.8) is 0 Å². The van der Waals surface area contributed by atoms with E-state index in [1.807, 2.05) is 18.2 Å². The van der Waals surface area contributed by atoms with E-state index < -0.39 is 0 Å². The molecular weight excluding hydrogens is 265 g/mol. The Kier molecular flexibility index (Phi) is 1.58. The first-order chi connectivity index (χ1) is 6.67. The summed E-state index contributed by atoms with van der Waals surface area (Å²) in [5, 5.41) is 0.636. The first-order valence-electron chi connectivity index (χ1n) is 4.46. The van der Waals surface area contributed by atoms with E-state index >= 15 is 0 Å². The maximum Gasteiger partial charge on any atom is 0.247 e. The Morgan fingerprint density at radius 2 is 2.14 bits per heavy atom. The van der Waals surface area contributed by atoms with Gasteiger partial charge in [0.25, 0.3) is 0 Å². The lowest BCUT2D eigenvalue weighted by Crippen LogP contribution is -2.23. The molecule has 0 radical (unpaired) electrons. The van der Waals surface area contributed by atoms with Gasteiger partial charge in [-0.25, -0.2) is 3.93 Å². The van der Waals surface area contributed by atoms with Crippen LogP contribution in [-0.2, 0) is 10.2 Å². The number of hydrogen-bond acceptors (Lipinski definition) is 1. The quantitative estimate of drug-likeness (QED) is 0.665. The van der Waals surface area contributed by atoms with Crippen molar-refractivity contribution in [2.24, 2.45) is 0 Å². The number of carbonyl (C=O) groups excluding carboxylic acids is 1. The van der Waals surface area contributed by atoms with Crippen LogP contribution in [0.1, 0.15) is 18.4 Å². The molecule has 0 unspecified atom stereocenters. The molecule has 1 saturated carbocycles. The summed E-state index contributed by atoms with van der Waals surface area (Å²) in [6.07, 6.45) is 1.89. The number of carbonyl (C=O) groups is 1. The molecule has 1 fully saturated rings. The molecule has 2 aliphatic rings. The molecule has 1 heterocycles. The fourth-order valence-corrected chi connectivity index (χ4v) is 3.20. The van der Waals surface area contributed by atoms with Gasteiger partial charge in [0.1, 0.15) is 0 Å². The molecule has 1 aromatic rings. The highest BCUT2D eigenvalue weighted by molar-refractivity contribution is 9.10. The molecule has 2 nitrogen and oxygen atoms in total. The van der Waals surface area contributed by atoms with Crippen LogP contribution in [0.4, 0.5) is 5.69 Å². The van der Waals surface area contributed by atoms with E-state index in [0.717, 1.165) is 24.1 Å². The van der Waals surface area contributed by atoms with Crippen molar-refractivity contribution in [1.29, 1.82) is 0 Å². The number of anilines is 1. The predicted molar refractivity (Wildman–Crippen MR) is 58.8 cm³/mol. The minimum Gasteiger partial charge on any atom is -0.273 e. The van der Waals surface area contributed by atoms with Gasteiger partial charge in [0, 0.05) is 0 Å². The van der Waals surface area contributed by atoms with Crippen LogP contribution in [0.15, 0.2) is 18.2 Å². The highest BCUT2D eigenvalue weighted by Gasteiger charge is 2.59. The molecule has 0 saturated heterocycles. The number of amides is 1. The zero-order valence-corrected chi connectivity index (χ0v) is 9.60. The molecule has 1 spiro atoms. The standard InChI is InChI=1S/C10H7BrClNO/c11-13-8-6(2-1-3-7(8)12)10(4-5-10)9(13)14/h1-3H,4-5H2. The first kappa shape index (κ1) is 8.74. The molecule has 0 aromatic heterocycles. The maximum absolute atomic E-state index is 11.9. The fourth-order valence-electron chi connectivity index (χ4n) is 2.11. The minimum atomic E-state index is -0.246. The van der Waals surface area contributed by atoms with E-state index in [1.165, 1.54) is 3.93 Å². The van der Waals surface area contributed by atoms with E-state index in [1.54, 1.807) is 0 Å². The highest BCUT2D eigenvalue weighted by atomic mass is 79.9. The van der Waals surface area contributed by atoms with Crippen LogP contribution in [-0.4, -0.2) is 5.91 Å². The normalized spacial score (nSPS) is 21.6. The molecule has 3 rings (SSSR count). The number of benzene rings is 1. The largest absolute Gasteiger partial charge is 0.273 e. The maximum atomic E-state index is 11.9. The van der Waals surface area contributed by atoms with Crippen molar-refractivity contribution in [1.82, 2.24) is 0 Å². The van der Waals surface area contributed by atoms with Crippen LogP contribution < -0.4 is 3.93 Å². The highest BCUT2D eigenvalue weighted by Crippen LogP contribution is 2.59. The summed E-state index contributed by atoms with van der Waals surface area (Å²) in [4.78, 5) is 11.9. The second-order valence-electron chi connectivity index (χ2n) is 3.80. The summed E-state index contributed by atoms with van der Waals surface area (Å²) in [5.74, 6) is 0.126. The van der Waals surface area contributed by atoms with Crippen molar-refractivity contribution >= 4 is 39.3 Å². The molecular formula is C10H7BrClNO. The molecule has 1 aliphatic carbocycles. The fraction of sp³-hybridized carbons (Fsp3) is 0.300. The molecule has 1 amide bonds. The van der Waals surface area contributed by atoms with Crippen LogP contribution in [0.2, 0.25) is 5.02 Å². The van der Waals surface area contributed by atoms with Crippen LogP contribution in [0.5, 0.6) is 0 Å². The third kappa shape index (κ3) is 0.848. The molecule has 1 aliphatic heterocycles. The average Bonchev–Trinajstić information content (AvgIpc) is 2.92. The second-order valence-corrected chi connectivity index (χ2v) is 4.92. The van der Waals surface area contributed by atoms with Crippen LogP contribution in [0.25, 0.3) is 0 Å². The zero-order chi connectivity index (χ0) is 9.92. The van der Waals surface area contributed by atoms with Gasteiger partial charge < -0.3 is 0 Å². The van der Waals surface area contributed by atoms with Gasteiger partial charge in [-0.3, -0.25) is 4.79 Å². The van der Waals surface area contributed by atoms with Crippen LogP contribution >= 0.6 is 27.7 Å². The number of halogens is 2. The van der Waals surface area contributed by atoms with Crippen molar-refractivity contribution in [3.05, 3.63) is 28.8 Å². The predicted octanol–water partition coefficient (Wildman–Crippen LogP) is 3.03. The van der Waals surface area contributed by atoms with Crippen molar-refractivity contribution in [2.75, 3.05) is 3.93 Å². The van der Waals surface area contributed by atoms with Crippen molar-refractivity contribution in [3.8, 4) is 0 Å². The van der Waals surface area contributed by atoms with Gasteiger partial charge in [0.2, 0.25) is 5.91 Å². The van der Waals surface area contributed by atoms with E-state index in [4.69, 9.17) is 11.6 Å². The number of rotatable bonds is 0. The summed E-state index contributed by atoms with van der Waals surface area (Å²) in [6, 6.07) is 5.71. The SMILES string of the molecule is O=C1N(Br)c2c(Cl)cccc2C12CC2. The second kappa shape index (κ2) is 2.52. The third-order valence-corrected chi connectivity index (χ3v) is 4.02. The molecule has 0 atom stereocenters. The Balaban J connectivity index is 2.31. The Morgan fingerprint density at radius 3 is 2.79 bits per heavy atom.